The molecule has 192 valence electrons. The summed E-state index contributed by atoms with van der Waals surface area (Å²) in [4.78, 5) is 44.1. The summed E-state index contributed by atoms with van der Waals surface area (Å²) < 4.78 is 35.9. The van der Waals surface area contributed by atoms with E-state index in [1.807, 2.05) is 6.07 Å². The van der Waals surface area contributed by atoms with E-state index in [2.05, 4.69) is 4.98 Å². The number of aryl methyl sites for hydroxylation is 1. The fraction of sp³-hybridized carbons (Fsp3) is 0.360. The molecule has 1 N–H and O–H groups in total. The largest absolute Gasteiger partial charge is 0.381 e. The standard InChI is InChI=1S/C25H22ClF2N5O4/c1-14-8-16(11-19(34)30-14)33-23(35)20(15-9-17(26)21(28)18(27)10-15)22(32(5-4-29)24(33)36)31-12-25(13-31)2-6-37-7-3-25/h8-11H,2-3,5-7,12-13H2,1H3,(H,30,34). The van der Waals surface area contributed by atoms with E-state index in [1.54, 1.807) is 11.8 Å². The van der Waals surface area contributed by atoms with Crippen LogP contribution in [0.5, 0.6) is 0 Å². The number of halogens is 3. The van der Waals surface area contributed by atoms with Gasteiger partial charge in [-0.1, -0.05) is 11.6 Å². The smallest absolute Gasteiger partial charge is 0.338 e. The van der Waals surface area contributed by atoms with E-state index < -0.39 is 40.0 Å². The minimum Gasteiger partial charge on any atom is -0.381 e. The number of hydrogen-bond acceptors (Lipinski definition) is 6. The molecule has 0 saturated carbocycles. The first-order chi connectivity index (χ1) is 17.6. The van der Waals surface area contributed by atoms with Gasteiger partial charge in [-0.3, -0.25) is 14.2 Å². The van der Waals surface area contributed by atoms with E-state index in [0.717, 1.165) is 40.2 Å². The molecule has 37 heavy (non-hydrogen) atoms. The van der Waals surface area contributed by atoms with Crippen LogP contribution in [0.2, 0.25) is 5.02 Å². The molecule has 9 nitrogen and oxygen atoms in total. The van der Waals surface area contributed by atoms with Crippen LogP contribution in [0.4, 0.5) is 14.6 Å². The van der Waals surface area contributed by atoms with Crippen LogP contribution in [-0.2, 0) is 11.3 Å². The SMILES string of the molecule is Cc1cc(-n2c(=O)c(-c3cc(F)c(F)c(Cl)c3)c(N3CC4(CCOCC4)C3)n(CC#N)c2=O)cc(=O)[nH]1. The number of H-pyrrole nitrogens is 1. The summed E-state index contributed by atoms with van der Waals surface area (Å²) in [6, 6.07) is 6.40. The van der Waals surface area contributed by atoms with Crippen LogP contribution in [0.3, 0.4) is 0 Å². The van der Waals surface area contributed by atoms with E-state index in [0.29, 0.717) is 32.0 Å². The number of anilines is 1. The summed E-state index contributed by atoms with van der Waals surface area (Å²) >= 11 is 5.93. The van der Waals surface area contributed by atoms with Gasteiger partial charge in [0, 0.05) is 43.5 Å². The highest BCUT2D eigenvalue weighted by Crippen LogP contribution is 2.44. The lowest BCUT2D eigenvalue weighted by Gasteiger charge is -2.53. The van der Waals surface area contributed by atoms with Gasteiger partial charge in [0.1, 0.15) is 12.4 Å². The summed E-state index contributed by atoms with van der Waals surface area (Å²) in [5, 5.41) is 9.03. The summed E-state index contributed by atoms with van der Waals surface area (Å²) in [6.07, 6.45) is 1.59. The van der Waals surface area contributed by atoms with Gasteiger partial charge in [0.2, 0.25) is 5.56 Å². The minimum atomic E-state index is -1.27. The van der Waals surface area contributed by atoms with Gasteiger partial charge in [-0.25, -0.2) is 18.1 Å². The zero-order valence-corrected chi connectivity index (χ0v) is 20.6. The highest BCUT2D eigenvalue weighted by atomic mass is 35.5. The van der Waals surface area contributed by atoms with Crippen molar-refractivity contribution in [2.45, 2.75) is 26.3 Å². The Balaban J connectivity index is 1.82. The van der Waals surface area contributed by atoms with Crippen molar-refractivity contribution in [2.75, 3.05) is 31.2 Å². The Morgan fingerprint density at radius 2 is 1.84 bits per heavy atom. The van der Waals surface area contributed by atoms with Gasteiger partial charge in [0.15, 0.2) is 11.6 Å². The predicted molar refractivity (Wildman–Crippen MR) is 132 cm³/mol. The van der Waals surface area contributed by atoms with Gasteiger partial charge in [-0.05, 0) is 43.5 Å². The van der Waals surface area contributed by atoms with Crippen LogP contribution in [-0.4, -0.2) is 40.4 Å². The number of benzene rings is 1. The number of nitrogens with one attached hydrogen (secondary N) is 1. The van der Waals surface area contributed by atoms with E-state index in [9.17, 15) is 28.4 Å². The normalized spacial score (nSPS) is 16.5. The van der Waals surface area contributed by atoms with E-state index >= 15 is 0 Å². The van der Waals surface area contributed by atoms with Crippen molar-refractivity contribution in [3.8, 4) is 22.9 Å². The molecule has 2 aliphatic rings. The van der Waals surface area contributed by atoms with Crippen molar-refractivity contribution in [1.82, 2.24) is 14.1 Å². The molecule has 0 bridgehead atoms. The van der Waals surface area contributed by atoms with Gasteiger partial charge in [-0.15, -0.1) is 0 Å². The Hall–Kier alpha value is -3.75. The Morgan fingerprint density at radius 3 is 2.46 bits per heavy atom. The maximum atomic E-state index is 14.5. The number of aromatic amines is 1. The van der Waals surface area contributed by atoms with Crippen LogP contribution in [0, 0.1) is 35.3 Å². The molecule has 1 spiro atoms. The number of hydrogen-bond donors (Lipinski definition) is 1. The van der Waals surface area contributed by atoms with Crippen LogP contribution in [0.15, 0.2) is 38.6 Å². The molecule has 0 unspecified atom stereocenters. The van der Waals surface area contributed by atoms with Crippen molar-refractivity contribution in [2.24, 2.45) is 5.41 Å². The Bertz CT molecular complexity index is 1600. The average Bonchev–Trinajstić information content (AvgIpc) is 2.82. The fourth-order valence-electron chi connectivity index (χ4n) is 5.19. The average molecular weight is 530 g/mol. The first kappa shape index (κ1) is 24.9. The number of nitriles is 1. The van der Waals surface area contributed by atoms with Crippen molar-refractivity contribution in [3.63, 3.8) is 0 Å². The third-order valence-electron chi connectivity index (χ3n) is 6.95. The second-order valence-corrected chi connectivity index (χ2v) is 9.88. The predicted octanol–water partition coefficient (Wildman–Crippen LogP) is 2.73. The molecule has 0 amide bonds. The number of nitrogens with zero attached hydrogens (tertiary/aromatic N) is 4. The lowest BCUT2D eigenvalue weighted by atomic mass is 9.73. The zero-order chi connectivity index (χ0) is 26.5. The van der Waals surface area contributed by atoms with E-state index in [4.69, 9.17) is 16.3 Å². The number of aromatic nitrogens is 3. The highest BCUT2D eigenvalue weighted by Gasteiger charge is 2.46. The summed E-state index contributed by atoms with van der Waals surface area (Å²) in [5.41, 5.74) is -2.12. The molecule has 4 heterocycles. The quantitative estimate of drug-likeness (QED) is 0.520. The summed E-state index contributed by atoms with van der Waals surface area (Å²) in [7, 11) is 0. The van der Waals surface area contributed by atoms with Crippen LogP contribution in [0.25, 0.3) is 16.8 Å². The number of ether oxygens (including phenoxy) is 1. The second-order valence-electron chi connectivity index (χ2n) is 9.47. The number of rotatable bonds is 4. The fourth-order valence-corrected chi connectivity index (χ4v) is 5.40. The Morgan fingerprint density at radius 1 is 1.14 bits per heavy atom. The molecule has 2 fully saturated rings. The molecule has 1 aromatic carbocycles. The topological polar surface area (TPSA) is 113 Å². The van der Waals surface area contributed by atoms with Crippen LogP contribution >= 0.6 is 11.6 Å². The lowest BCUT2D eigenvalue weighted by molar-refractivity contribution is -0.000682. The third-order valence-corrected chi connectivity index (χ3v) is 7.22. The molecule has 0 radical (unpaired) electrons. The molecule has 2 aliphatic heterocycles. The Kier molecular flexibility index (Phi) is 6.25. The molecule has 2 aromatic heterocycles. The van der Waals surface area contributed by atoms with Gasteiger partial charge in [-0.2, -0.15) is 5.26 Å². The molecule has 0 atom stereocenters. The maximum absolute atomic E-state index is 14.5. The first-order valence-corrected chi connectivity index (χ1v) is 12.0. The second kappa shape index (κ2) is 9.28. The first-order valence-electron chi connectivity index (χ1n) is 11.6. The molecule has 5 rings (SSSR count). The molecule has 3 aromatic rings. The van der Waals surface area contributed by atoms with Gasteiger partial charge >= 0.3 is 5.69 Å². The molecule has 12 heteroatoms. The summed E-state index contributed by atoms with van der Waals surface area (Å²) in [5.74, 6) is -2.42. The van der Waals surface area contributed by atoms with E-state index in [1.165, 1.54) is 6.07 Å². The van der Waals surface area contributed by atoms with Crippen molar-refractivity contribution in [1.29, 1.82) is 5.26 Å². The van der Waals surface area contributed by atoms with Gasteiger partial charge < -0.3 is 14.6 Å². The third kappa shape index (κ3) is 4.26. The lowest BCUT2D eigenvalue weighted by Crippen LogP contribution is -2.60. The van der Waals surface area contributed by atoms with Crippen LogP contribution < -0.4 is 21.7 Å². The van der Waals surface area contributed by atoms with Crippen molar-refractivity contribution < 1.29 is 13.5 Å². The summed E-state index contributed by atoms with van der Waals surface area (Å²) in [6.45, 7) is 3.32. The van der Waals surface area contributed by atoms with Gasteiger partial charge in [0.05, 0.1) is 22.3 Å². The number of pyridine rings is 1. The molecule has 0 aliphatic carbocycles. The zero-order valence-electron chi connectivity index (χ0n) is 19.8. The Labute approximate surface area is 214 Å². The van der Waals surface area contributed by atoms with Gasteiger partial charge in [0.25, 0.3) is 5.56 Å². The molecular formula is C25H22ClF2N5O4. The molecular weight excluding hydrogens is 508 g/mol. The van der Waals surface area contributed by atoms with Crippen molar-refractivity contribution >= 4 is 17.4 Å². The van der Waals surface area contributed by atoms with Crippen molar-refractivity contribution in [3.05, 3.63) is 77.8 Å². The maximum Gasteiger partial charge on any atom is 0.338 e. The van der Waals surface area contributed by atoms with Crippen LogP contribution in [0.1, 0.15) is 18.5 Å². The molecule has 2 saturated heterocycles. The van der Waals surface area contributed by atoms with E-state index in [-0.39, 0.29) is 28.0 Å². The monoisotopic (exact) mass is 529 g/mol. The minimum absolute atomic E-state index is 0.0195. The highest BCUT2D eigenvalue weighted by molar-refractivity contribution is 6.31.